The summed E-state index contributed by atoms with van der Waals surface area (Å²) < 4.78 is 5.28. The van der Waals surface area contributed by atoms with Crippen molar-refractivity contribution in [1.82, 2.24) is 4.90 Å². The second-order valence-corrected chi connectivity index (χ2v) is 5.21. The largest absolute Gasteiger partial charge is 0.444 e. The number of nitrogens with zero attached hydrogens (tertiary/aromatic N) is 1. The number of rotatable bonds is 3. The zero-order valence-corrected chi connectivity index (χ0v) is 9.99. The highest BCUT2D eigenvalue weighted by atomic mass is 16.6. The third kappa shape index (κ3) is 4.51. The minimum Gasteiger partial charge on any atom is -0.444 e. The van der Waals surface area contributed by atoms with Crippen LogP contribution in [-0.4, -0.2) is 40.4 Å². The minimum absolute atomic E-state index is 0.273. The van der Waals surface area contributed by atoms with Crippen molar-refractivity contribution in [2.75, 3.05) is 6.54 Å². The van der Waals surface area contributed by atoms with E-state index < -0.39 is 11.7 Å². The number of amides is 1. The van der Waals surface area contributed by atoms with Gasteiger partial charge in [0.1, 0.15) is 5.60 Å². The molecule has 1 N–H and O–H groups in total. The van der Waals surface area contributed by atoms with Gasteiger partial charge in [0.25, 0.3) is 0 Å². The fourth-order valence-electron chi connectivity index (χ4n) is 1.36. The zero-order chi connectivity index (χ0) is 11.6. The van der Waals surface area contributed by atoms with Gasteiger partial charge in [0.05, 0.1) is 6.10 Å². The Balaban J connectivity index is 2.51. The average molecular weight is 215 g/mol. The van der Waals surface area contributed by atoms with Gasteiger partial charge in [0.2, 0.25) is 0 Å². The predicted octanol–water partition coefficient (Wildman–Crippen LogP) is 1.77. The maximum Gasteiger partial charge on any atom is 0.410 e. The highest BCUT2D eigenvalue weighted by molar-refractivity contribution is 5.69. The van der Waals surface area contributed by atoms with Gasteiger partial charge in [-0.2, -0.15) is 0 Å². The third-order valence-electron chi connectivity index (χ3n) is 2.08. The number of aliphatic hydroxyl groups is 1. The van der Waals surface area contributed by atoms with Gasteiger partial charge in [-0.3, -0.25) is 0 Å². The first-order valence-electron chi connectivity index (χ1n) is 5.47. The van der Waals surface area contributed by atoms with Gasteiger partial charge < -0.3 is 14.7 Å². The smallest absolute Gasteiger partial charge is 0.410 e. The van der Waals surface area contributed by atoms with Gasteiger partial charge >= 0.3 is 6.09 Å². The van der Waals surface area contributed by atoms with Crippen LogP contribution in [0.25, 0.3) is 0 Å². The number of carbonyl (C=O) groups is 1. The molecular weight excluding hydrogens is 194 g/mol. The molecule has 0 bridgehead atoms. The van der Waals surface area contributed by atoms with E-state index in [0.717, 1.165) is 12.8 Å². The van der Waals surface area contributed by atoms with Gasteiger partial charge in [0.15, 0.2) is 0 Å². The summed E-state index contributed by atoms with van der Waals surface area (Å²) in [5.41, 5.74) is -0.469. The summed E-state index contributed by atoms with van der Waals surface area (Å²) in [5, 5.41) is 9.30. The second-order valence-electron chi connectivity index (χ2n) is 5.21. The Bertz CT molecular complexity index is 228. The molecule has 0 saturated heterocycles. The molecule has 15 heavy (non-hydrogen) atoms. The maximum absolute atomic E-state index is 11.8. The van der Waals surface area contributed by atoms with Crippen molar-refractivity contribution in [2.45, 2.75) is 58.3 Å². The monoisotopic (exact) mass is 215 g/mol. The van der Waals surface area contributed by atoms with Gasteiger partial charge in [-0.15, -0.1) is 0 Å². The summed E-state index contributed by atoms with van der Waals surface area (Å²) in [5.74, 6) is 0. The molecule has 4 heteroatoms. The number of carbonyl (C=O) groups excluding carboxylic acids is 1. The summed E-state index contributed by atoms with van der Waals surface area (Å²) in [7, 11) is 0. The van der Waals surface area contributed by atoms with E-state index in [1.807, 2.05) is 20.8 Å². The van der Waals surface area contributed by atoms with Crippen LogP contribution < -0.4 is 0 Å². The number of aliphatic hydroxyl groups excluding tert-OH is 1. The van der Waals surface area contributed by atoms with Crippen molar-refractivity contribution >= 4 is 6.09 Å². The molecule has 1 saturated carbocycles. The minimum atomic E-state index is -0.502. The van der Waals surface area contributed by atoms with Crippen molar-refractivity contribution in [2.24, 2.45) is 0 Å². The summed E-state index contributed by atoms with van der Waals surface area (Å²) in [6.45, 7) is 7.58. The van der Waals surface area contributed by atoms with E-state index in [1.54, 1.807) is 11.8 Å². The predicted molar refractivity (Wildman–Crippen MR) is 57.6 cm³/mol. The lowest BCUT2D eigenvalue weighted by Crippen LogP contribution is -2.41. The fourth-order valence-corrected chi connectivity index (χ4v) is 1.36. The van der Waals surface area contributed by atoms with Gasteiger partial charge in [0, 0.05) is 12.6 Å². The molecule has 1 aliphatic rings. The van der Waals surface area contributed by atoms with E-state index in [0.29, 0.717) is 6.54 Å². The number of hydrogen-bond acceptors (Lipinski definition) is 3. The van der Waals surface area contributed by atoms with Crippen molar-refractivity contribution in [3.05, 3.63) is 0 Å². The van der Waals surface area contributed by atoms with Crippen LogP contribution in [0.1, 0.15) is 40.5 Å². The molecule has 88 valence electrons. The van der Waals surface area contributed by atoms with E-state index >= 15 is 0 Å². The standard InChI is InChI=1S/C11H21NO3/c1-8(13)7-12(9-5-6-9)10(14)15-11(2,3)4/h8-9,13H,5-7H2,1-4H3/t8-/m0/s1. The lowest BCUT2D eigenvalue weighted by atomic mass is 10.2. The average Bonchev–Trinajstić information content (AvgIpc) is 2.78. The summed E-state index contributed by atoms with van der Waals surface area (Å²) >= 11 is 0. The Morgan fingerprint density at radius 3 is 2.40 bits per heavy atom. The van der Waals surface area contributed by atoms with Crippen molar-refractivity contribution in [1.29, 1.82) is 0 Å². The lowest BCUT2D eigenvalue weighted by Gasteiger charge is -2.28. The van der Waals surface area contributed by atoms with E-state index in [1.165, 1.54) is 0 Å². The first-order valence-corrected chi connectivity index (χ1v) is 5.47. The van der Waals surface area contributed by atoms with Crippen LogP contribution in [0, 0.1) is 0 Å². The van der Waals surface area contributed by atoms with E-state index in [4.69, 9.17) is 4.74 Å². The molecule has 0 radical (unpaired) electrons. The Morgan fingerprint density at radius 1 is 1.53 bits per heavy atom. The van der Waals surface area contributed by atoms with Crippen LogP contribution in [0.2, 0.25) is 0 Å². The summed E-state index contributed by atoms with van der Waals surface area (Å²) in [6.07, 6.45) is 1.22. The summed E-state index contributed by atoms with van der Waals surface area (Å²) in [6, 6.07) is 0.273. The first kappa shape index (κ1) is 12.3. The first-order chi connectivity index (χ1) is 6.79. The van der Waals surface area contributed by atoms with Crippen LogP contribution >= 0.6 is 0 Å². The van der Waals surface area contributed by atoms with Gasteiger partial charge in [-0.05, 0) is 40.5 Å². The molecule has 1 atom stereocenters. The van der Waals surface area contributed by atoms with Crippen LogP contribution in [0.15, 0.2) is 0 Å². The van der Waals surface area contributed by atoms with E-state index in [2.05, 4.69) is 0 Å². The Labute approximate surface area is 91.2 Å². The molecule has 1 amide bonds. The third-order valence-corrected chi connectivity index (χ3v) is 2.08. The van der Waals surface area contributed by atoms with E-state index in [-0.39, 0.29) is 12.1 Å². The molecule has 0 aromatic rings. The maximum atomic E-state index is 11.8. The topological polar surface area (TPSA) is 49.8 Å². The summed E-state index contributed by atoms with van der Waals surface area (Å²) in [4.78, 5) is 13.4. The second kappa shape index (κ2) is 4.39. The normalized spacial score (nSPS) is 18.5. The molecular formula is C11H21NO3. The Kier molecular flexibility index (Phi) is 3.60. The molecule has 0 aromatic carbocycles. The van der Waals surface area contributed by atoms with Crippen molar-refractivity contribution in [3.8, 4) is 0 Å². The Morgan fingerprint density at radius 2 is 2.07 bits per heavy atom. The van der Waals surface area contributed by atoms with E-state index in [9.17, 15) is 9.90 Å². The van der Waals surface area contributed by atoms with Crippen LogP contribution in [0.4, 0.5) is 4.79 Å². The highest BCUT2D eigenvalue weighted by Crippen LogP contribution is 2.28. The molecule has 0 spiro atoms. The molecule has 1 fully saturated rings. The molecule has 0 aromatic heterocycles. The van der Waals surface area contributed by atoms with Crippen LogP contribution in [-0.2, 0) is 4.74 Å². The van der Waals surface area contributed by atoms with Gasteiger partial charge in [-0.1, -0.05) is 0 Å². The molecule has 4 nitrogen and oxygen atoms in total. The molecule has 1 aliphatic carbocycles. The highest BCUT2D eigenvalue weighted by Gasteiger charge is 2.35. The molecule has 0 unspecified atom stereocenters. The quantitative estimate of drug-likeness (QED) is 0.780. The number of hydrogen-bond donors (Lipinski definition) is 1. The van der Waals surface area contributed by atoms with Gasteiger partial charge in [-0.25, -0.2) is 4.79 Å². The molecule has 1 rings (SSSR count). The lowest BCUT2D eigenvalue weighted by molar-refractivity contribution is 0.0142. The SMILES string of the molecule is C[C@H](O)CN(C(=O)OC(C)(C)C)C1CC1. The fraction of sp³-hybridized carbons (Fsp3) is 0.909. The van der Waals surface area contributed by atoms with Crippen molar-refractivity contribution in [3.63, 3.8) is 0 Å². The zero-order valence-electron chi connectivity index (χ0n) is 9.99. The molecule has 0 aliphatic heterocycles. The Hall–Kier alpha value is -0.770. The number of ether oxygens (including phenoxy) is 1. The molecule has 0 heterocycles. The van der Waals surface area contributed by atoms with Crippen LogP contribution in [0.5, 0.6) is 0 Å². The van der Waals surface area contributed by atoms with Crippen molar-refractivity contribution < 1.29 is 14.6 Å². The van der Waals surface area contributed by atoms with Crippen LogP contribution in [0.3, 0.4) is 0 Å².